The van der Waals surface area contributed by atoms with E-state index >= 15 is 0 Å². The zero-order chi connectivity index (χ0) is 22.5. The lowest BCUT2D eigenvalue weighted by atomic mass is 9.95. The van der Waals surface area contributed by atoms with Crippen LogP contribution >= 0.6 is 0 Å². The molecule has 1 amide bonds. The Morgan fingerprint density at radius 2 is 1.84 bits per heavy atom. The van der Waals surface area contributed by atoms with Crippen molar-refractivity contribution in [2.24, 2.45) is 0 Å². The quantitative estimate of drug-likeness (QED) is 0.760. The number of rotatable bonds is 6. The number of nitrogens with zero attached hydrogens (tertiary/aromatic N) is 3. The minimum Gasteiger partial charge on any atom is -0.507 e. The first-order valence-corrected chi connectivity index (χ1v) is 10.6. The number of aryl methyl sites for hydroxylation is 1. The van der Waals surface area contributed by atoms with Gasteiger partial charge in [-0.05, 0) is 32.9 Å². The van der Waals surface area contributed by atoms with Gasteiger partial charge in [0.05, 0.1) is 25.3 Å². The summed E-state index contributed by atoms with van der Waals surface area (Å²) in [4.78, 5) is 29.3. The molecule has 0 bridgehead atoms. The molecule has 1 N–H and O–H groups in total. The van der Waals surface area contributed by atoms with Crippen LogP contribution in [-0.2, 0) is 11.3 Å². The van der Waals surface area contributed by atoms with Gasteiger partial charge in [-0.25, -0.2) is 4.79 Å². The maximum atomic E-state index is 13.4. The largest absolute Gasteiger partial charge is 0.507 e. The van der Waals surface area contributed by atoms with Crippen LogP contribution in [0.3, 0.4) is 0 Å². The van der Waals surface area contributed by atoms with Crippen LogP contribution in [0.25, 0.3) is 0 Å². The molecule has 0 radical (unpaired) electrons. The Morgan fingerprint density at radius 3 is 2.45 bits per heavy atom. The van der Waals surface area contributed by atoms with Crippen LogP contribution in [0.15, 0.2) is 35.1 Å². The molecule has 8 heteroatoms. The van der Waals surface area contributed by atoms with Crippen molar-refractivity contribution in [2.75, 3.05) is 39.9 Å². The number of carbonyl (C=O) groups is 1. The van der Waals surface area contributed by atoms with E-state index in [0.29, 0.717) is 56.3 Å². The minimum atomic E-state index is -0.508. The number of para-hydroxylation sites is 1. The van der Waals surface area contributed by atoms with Crippen LogP contribution < -0.4 is 10.3 Å². The molecule has 1 aromatic heterocycles. The fourth-order valence-electron chi connectivity index (χ4n) is 4.22. The van der Waals surface area contributed by atoms with Crippen LogP contribution in [0, 0.1) is 6.92 Å². The molecule has 168 valence electrons. The fraction of sp³-hybridized carbons (Fsp3) is 0.478. The second-order valence-electron chi connectivity index (χ2n) is 7.50. The van der Waals surface area contributed by atoms with Crippen molar-refractivity contribution in [3.63, 3.8) is 0 Å². The number of hydrogen-bond acceptors (Lipinski definition) is 6. The van der Waals surface area contributed by atoms with Gasteiger partial charge in [-0.1, -0.05) is 18.2 Å². The van der Waals surface area contributed by atoms with Gasteiger partial charge in [-0.15, -0.1) is 0 Å². The number of carbonyl (C=O) groups excluding carboxylic acids is 1. The zero-order valence-electron chi connectivity index (χ0n) is 18.6. The molecule has 1 aromatic carbocycles. The van der Waals surface area contributed by atoms with Crippen LogP contribution in [-0.4, -0.2) is 65.5 Å². The van der Waals surface area contributed by atoms with Crippen molar-refractivity contribution in [3.8, 4) is 11.5 Å². The number of benzene rings is 1. The van der Waals surface area contributed by atoms with Gasteiger partial charge in [0.1, 0.15) is 11.5 Å². The molecule has 2 aromatic rings. The summed E-state index contributed by atoms with van der Waals surface area (Å²) in [6.07, 6.45) is -0.331. The topological polar surface area (TPSA) is 84.2 Å². The first kappa shape index (κ1) is 22.7. The Bertz CT molecular complexity index is 980. The summed E-state index contributed by atoms with van der Waals surface area (Å²) >= 11 is 0. The molecule has 0 unspecified atom stereocenters. The monoisotopic (exact) mass is 429 g/mol. The number of piperazine rings is 1. The summed E-state index contributed by atoms with van der Waals surface area (Å²) in [6, 6.07) is 8.65. The van der Waals surface area contributed by atoms with Crippen molar-refractivity contribution >= 4 is 6.09 Å². The number of amides is 1. The Morgan fingerprint density at radius 1 is 1.16 bits per heavy atom. The third-order valence-electron chi connectivity index (χ3n) is 5.75. The molecule has 1 saturated heterocycles. The normalized spacial score (nSPS) is 15.5. The van der Waals surface area contributed by atoms with E-state index in [1.165, 1.54) is 0 Å². The summed E-state index contributed by atoms with van der Waals surface area (Å²) in [5.74, 6) is 0.610. The summed E-state index contributed by atoms with van der Waals surface area (Å²) in [5, 5.41) is 10.9. The lowest BCUT2D eigenvalue weighted by molar-refractivity contribution is 0.0705. The van der Waals surface area contributed by atoms with E-state index in [2.05, 4.69) is 4.90 Å². The number of hydrogen-bond donors (Lipinski definition) is 1. The zero-order valence-corrected chi connectivity index (χ0v) is 18.6. The molecule has 8 nitrogen and oxygen atoms in total. The van der Waals surface area contributed by atoms with Crippen LogP contribution in [0.5, 0.6) is 11.5 Å². The summed E-state index contributed by atoms with van der Waals surface area (Å²) in [7, 11) is 1.59. The highest BCUT2D eigenvalue weighted by Gasteiger charge is 2.34. The molecular weight excluding hydrogens is 398 g/mol. The third kappa shape index (κ3) is 4.54. The van der Waals surface area contributed by atoms with E-state index in [1.807, 2.05) is 38.1 Å². The highest BCUT2D eigenvalue weighted by atomic mass is 16.6. The molecular formula is C23H31N3O5. The number of aromatic nitrogens is 1. The summed E-state index contributed by atoms with van der Waals surface area (Å²) in [6.45, 7) is 8.34. The first-order chi connectivity index (χ1) is 14.9. The van der Waals surface area contributed by atoms with Gasteiger partial charge in [0.25, 0.3) is 5.56 Å². The van der Waals surface area contributed by atoms with Gasteiger partial charge < -0.3 is 24.0 Å². The molecule has 31 heavy (non-hydrogen) atoms. The number of methoxy groups -OCH3 is 1. The predicted octanol–water partition coefficient (Wildman–Crippen LogP) is 2.75. The van der Waals surface area contributed by atoms with Gasteiger partial charge in [0.15, 0.2) is 0 Å². The van der Waals surface area contributed by atoms with E-state index in [4.69, 9.17) is 9.47 Å². The first-order valence-electron chi connectivity index (χ1n) is 10.6. The standard InChI is InChI=1S/C23H31N3O5/c1-5-26-16(3)15-18(27)20(22(26)28)21(17-9-7-8-10-19(17)30-4)24-11-13-25(14-12-24)23(29)31-6-2/h7-10,15,21,27H,5-6,11-14H2,1-4H3/t21-/m1/s1. The highest BCUT2D eigenvalue weighted by molar-refractivity contribution is 5.67. The molecule has 1 atom stereocenters. The van der Waals surface area contributed by atoms with Crippen molar-refractivity contribution in [1.82, 2.24) is 14.4 Å². The minimum absolute atomic E-state index is 0.0315. The van der Waals surface area contributed by atoms with Crippen molar-refractivity contribution in [1.29, 1.82) is 0 Å². The van der Waals surface area contributed by atoms with E-state index in [1.54, 1.807) is 29.6 Å². The molecule has 0 saturated carbocycles. The van der Waals surface area contributed by atoms with Crippen molar-refractivity contribution in [2.45, 2.75) is 33.4 Å². The van der Waals surface area contributed by atoms with E-state index in [9.17, 15) is 14.7 Å². The molecule has 1 aliphatic rings. The van der Waals surface area contributed by atoms with Crippen molar-refractivity contribution in [3.05, 3.63) is 57.5 Å². The Balaban J connectivity index is 2.07. The third-order valence-corrected chi connectivity index (χ3v) is 5.75. The van der Waals surface area contributed by atoms with E-state index in [-0.39, 0.29) is 17.4 Å². The second-order valence-corrected chi connectivity index (χ2v) is 7.50. The Hall–Kier alpha value is -3.00. The van der Waals surface area contributed by atoms with Gasteiger partial charge in [-0.2, -0.15) is 0 Å². The average Bonchev–Trinajstić information content (AvgIpc) is 2.77. The summed E-state index contributed by atoms with van der Waals surface area (Å²) < 4.78 is 12.4. The van der Waals surface area contributed by atoms with E-state index < -0.39 is 6.04 Å². The molecule has 1 aliphatic heterocycles. The number of ether oxygens (including phenoxy) is 2. The van der Waals surface area contributed by atoms with Crippen LogP contribution in [0.4, 0.5) is 4.79 Å². The second kappa shape index (κ2) is 9.87. The van der Waals surface area contributed by atoms with Crippen molar-refractivity contribution < 1.29 is 19.4 Å². The Labute approximate surface area is 182 Å². The molecule has 2 heterocycles. The molecule has 0 aliphatic carbocycles. The fourth-order valence-corrected chi connectivity index (χ4v) is 4.22. The molecule has 1 fully saturated rings. The average molecular weight is 430 g/mol. The maximum Gasteiger partial charge on any atom is 0.409 e. The summed E-state index contributed by atoms with van der Waals surface area (Å²) in [5.41, 5.74) is 1.61. The number of aromatic hydroxyl groups is 1. The Kier molecular flexibility index (Phi) is 7.22. The predicted molar refractivity (Wildman–Crippen MR) is 118 cm³/mol. The molecule has 3 rings (SSSR count). The maximum absolute atomic E-state index is 13.4. The highest BCUT2D eigenvalue weighted by Crippen LogP contribution is 2.37. The van der Waals surface area contributed by atoms with E-state index in [0.717, 1.165) is 5.56 Å². The SMILES string of the molecule is CCOC(=O)N1CCN([C@H](c2ccccc2OC)c2c(O)cc(C)n(CC)c2=O)CC1. The lowest BCUT2D eigenvalue weighted by Crippen LogP contribution is -2.50. The lowest BCUT2D eigenvalue weighted by Gasteiger charge is -2.39. The van der Waals surface area contributed by atoms with Gasteiger partial charge in [-0.3, -0.25) is 9.69 Å². The van der Waals surface area contributed by atoms with Gasteiger partial charge in [0.2, 0.25) is 0 Å². The van der Waals surface area contributed by atoms with Crippen LogP contribution in [0.1, 0.15) is 36.7 Å². The van der Waals surface area contributed by atoms with Crippen LogP contribution in [0.2, 0.25) is 0 Å². The van der Waals surface area contributed by atoms with Gasteiger partial charge in [0, 0.05) is 44.0 Å². The van der Waals surface area contributed by atoms with Gasteiger partial charge >= 0.3 is 6.09 Å². The molecule has 0 spiro atoms. The smallest absolute Gasteiger partial charge is 0.409 e. The number of pyridine rings is 1.